The lowest BCUT2D eigenvalue weighted by Crippen LogP contribution is -2.17. The van der Waals surface area contributed by atoms with Crippen molar-refractivity contribution in [2.75, 3.05) is 14.2 Å². The molecule has 0 fully saturated rings. The molecule has 144 valence electrons. The maximum atomic E-state index is 11.8. The number of nitrogens with zero attached hydrogens (tertiary/aromatic N) is 4. The van der Waals surface area contributed by atoms with Crippen molar-refractivity contribution in [3.8, 4) is 22.9 Å². The largest absolute Gasteiger partial charge is 0.493 e. The van der Waals surface area contributed by atoms with Gasteiger partial charge in [0, 0.05) is 12.1 Å². The molecule has 1 aromatic carbocycles. The highest BCUT2D eigenvalue weighted by Crippen LogP contribution is 2.31. The van der Waals surface area contributed by atoms with Gasteiger partial charge in [-0.25, -0.2) is 9.89 Å². The van der Waals surface area contributed by atoms with Crippen molar-refractivity contribution >= 4 is 11.8 Å². The van der Waals surface area contributed by atoms with Crippen molar-refractivity contribution in [1.29, 1.82) is 0 Å². The van der Waals surface area contributed by atoms with Gasteiger partial charge in [0.1, 0.15) is 0 Å². The van der Waals surface area contributed by atoms with Crippen molar-refractivity contribution in [1.82, 2.24) is 24.9 Å². The van der Waals surface area contributed by atoms with E-state index < -0.39 is 0 Å². The smallest absolute Gasteiger partial charge is 0.343 e. The minimum Gasteiger partial charge on any atom is -0.493 e. The van der Waals surface area contributed by atoms with Crippen LogP contribution in [0.1, 0.15) is 25.7 Å². The number of hydrogen-bond acceptors (Lipinski definition) is 8. The van der Waals surface area contributed by atoms with Gasteiger partial charge in [0.2, 0.25) is 11.7 Å². The Kier molecular flexibility index (Phi) is 6.17. The van der Waals surface area contributed by atoms with Crippen molar-refractivity contribution in [3.63, 3.8) is 0 Å². The van der Waals surface area contributed by atoms with Gasteiger partial charge in [-0.1, -0.05) is 30.3 Å². The van der Waals surface area contributed by atoms with E-state index in [-0.39, 0.29) is 5.69 Å². The molecule has 2 heterocycles. The van der Waals surface area contributed by atoms with Gasteiger partial charge in [0.05, 0.1) is 20.0 Å². The summed E-state index contributed by atoms with van der Waals surface area (Å²) in [6.45, 7) is 2.71. The lowest BCUT2D eigenvalue weighted by Gasteiger charge is -2.07. The van der Waals surface area contributed by atoms with Gasteiger partial charge in [-0.15, -0.1) is 5.10 Å². The molecule has 0 aliphatic heterocycles. The molecule has 27 heavy (non-hydrogen) atoms. The van der Waals surface area contributed by atoms with Gasteiger partial charge in [-0.05, 0) is 24.6 Å². The molecule has 0 aliphatic rings. The summed E-state index contributed by atoms with van der Waals surface area (Å²) in [7, 11) is 3.15. The topological polar surface area (TPSA) is 108 Å². The van der Waals surface area contributed by atoms with Crippen LogP contribution in [-0.2, 0) is 12.3 Å². The fraction of sp³-hybridized carbons (Fsp3) is 0.412. The SMILES string of the molecule is CCCCn1c(SCc2nc(-c3ccc(OC)c(OC)c3)no2)n[nH]c1=O. The van der Waals surface area contributed by atoms with Gasteiger partial charge in [-0.3, -0.25) is 4.57 Å². The number of rotatable bonds is 9. The average Bonchev–Trinajstić information content (AvgIpc) is 3.31. The van der Waals surface area contributed by atoms with E-state index >= 15 is 0 Å². The maximum absolute atomic E-state index is 11.8. The monoisotopic (exact) mass is 391 g/mol. The summed E-state index contributed by atoms with van der Waals surface area (Å²) in [5, 5.41) is 11.2. The molecule has 0 atom stereocenters. The second-order valence-electron chi connectivity index (χ2n) is 5.69. The van der Waals surface area contributed by atoms with E-state index in [1.54, 1.807) is 30.9 Å². The molecular weight excluding hydrogens is 370 g/mol. The fourth-order valence-corrected chi connectivity index (χ4v) is 3.27. The predicted molar refractivity (Wildman–Crippen MR) is 100 cm³/mol. The van der Waals surface area contributed by atoms with Crippen LogP contribution in [0.4, 0.5) is 0 Å². The molecule has 9 nitrogen and oxygen atoms in total. The molecular formula is C17H21N5O4S. The Labute approximate surface area is 160 Å². The first-order valence-electron chi connectivity index (χ1n) is 8.49. The third-order valence-electron chi connectivity index (χ3n) is 3.89. The Morgan fingerprint density at radius 2 is 2.07 bits per heavy atom. The van der Waals surface area contributed by atoms with Crippen LogP contribution in [0.3, 0.4) is 0 Å². The number of methoxy groups -OCH3 is 2. The zero-order valence-corrected chi connectivity index (χ0v) is 16.2. The van der Waals surface area contributed by atoms with Gasteiger partial charge < -0.3 is 14.0 Å². The normalized spacial score (nSPS) is 10.9. The van der Waals surface area contributed by atoms with Crippen molar-refractivity contribution in [2.24, 2.45) is 0 Å². The van der Waals surface area contributed by atoms with Crippen LogP contribution < -0.4 is 15.2 Å². The quantitative estimate of drug-likeness (QED) is 0.555. The molecule has 0 saturated carbocycles. The minimum absolute atomic E-state index is 0.206. The highest BCUT2D eigenvalue weighted by molar-refractivity contribution is 7.98. The van der Waals surface area contributed by atoms with E-state index in [1.807, 2.05) is 6.07 Å². The van der Waals surface area contributed by atoms with Crippen LogP contribution in [-0.4, -0.2) is 39.1 Å². The van der Waals surface area contributed by atoms with Gasteiger partial charge in [0.25, 0.3) is 0 Å². The molecule has 0 saturated heterocycles. The molecule has 3 aromatic rings. The summed E-state index contributed by atoms with van der Waals surface area (Å²) in [4.78, 5) is 16.2. The summed E-state index contributed by atoms with van der Waals surface area (Å²) in [6, 6.07) is 5.41. The third kappa shape index (κ3) is 4.33. The molecule has 0 unspecified atom stereocenters. The number of nitrogens with one attached hydrogen (secondary N) is 1. The Bertz CT molecular complexity index is 949. The number of thioether (sulfide) groups is 1. The van der Waals surface area contributed by atoms with E-state index in [4.69, 9.17) is 14.0 Å². The van der Waals surface area contributed by atoms with E-state index in [1.165, 1.54) is 11.8 Å². The molecule has 0 radical (unpaired) electrons. The van der Waals surface area contributed by atoms with Gasteiger partial charge >= 0.3 is 5.69 Å². The molecule has 2 aromatic heterocycles. The molecule has 0 amide bonds. The third-order valence-corrected chi connectivity index (χ3v) is 4.85. The lowest BCUT2D eigenvalue weighted by molar-refractivity contribution is 0.355. The maximum Gasteiger partial charge on any atom is 0.343 e. The Balaban J connectivity index is 1.71. The number of H-pyrrole nitrogens is 1. The van der Waals surface area contributed by atoms with Gasteiger partial charge in [0.15, 0.2) is 16.7 Å². The van der Waals surface area contributed by atoms with E-state index in [9.17, 15) is 4.79 Å². The van der Waals surface area contributed by atoms with E-state index in [0.29, 0.717) is 40.7 Å². The summed E-state index contributed by atoms with van der Waals surface area (Å²) in [5.74, 6) is 2.53. The van der Waals surface area contributed by atoms with Crippen molar-refractivity contribution < 1.29 is 14.0 Å². The molecule has 10 heteroatoms. The van der Waals surface area contributed by atoms with E-state index in [2.05, 4.69) is 27.3 Å². The Morgan fingerprint density at radius 1 is 1.26 bits per heavy atom. The average molecular weight is 391 g/mol. The molecule has 0 bridgehead atoms. The minimum atomic E-state index is -0.206. The molecule has 0 aliphatic carbocycles. The highest BCUT2D eigenvalue weighted by Gasteiger charge is 2.14. The van der Waals surface area contributed by atoms with Gasteiger partial charge in [-0.2, -0.15) is 4.98 Å². The van der Waals surface area contributed by atoms with Crippen molar-refractivity contribution in [2.45, 2.75) is 37.2 Å². The fourth-order valence-electron chi connectivity index (χ4n) is 2.46. The summed E-state index contributed by atoms with van der Waals surface area (Å²) in [5.41, 5.74) is 0.551. The number of ether oxygens (including phenoxy) is 2. The molecule has 1 N–H and O–H groups in total. The summed E-state index contributed by atoms with van der Waals surface area (Å²) in [6.07, 6.45) is 1.91. The Hall–Kier alpha value is -2.75. The number of aromatic nitrogens is 5. The number of benzene rings is 1. The first-order valence-corrected chi connectivity index (χ1v) is 9.47. The van der Waals surface area contributed by atoms with Crippen LogP contribution in [0.25, 0.3) is 11.4 Å². The van der Waals surface area contributed by atoms with Crippen LogP contribution >= 0.6 is 11.8 Å². The van der Waals surface area contributed by atoms with Crippen LogP contribution in [0, 0.1) is 0 Å². The number of unbranched alkanes of at least 4 members (excludes halogenated alkanes) is 1. The molecule has 0 spiro atoms. The number of hydrogen-bond donors (Lipinski definition) is 1. The van der Waals surface area contributed by atoms with Crippen molar-refractivity contribution in [3.05, 3.63) is 34.6 Å². The Morgan fingerprint density at radius 3 is 2.81 bits per heavy atom. The highest BCUT2D eigenvalue weighted by atomic mass is 32.2. The number of aromatic amines is 1. The summed E-state index contributed by atoms with van der Waals surface area (Å²) >= 11 is 1.37. The zero-order chi connectivity index (χ0) is 19.2. The van der Waals surface area contributed by atoms with Crippen LogP contribution in [0.15, 0.2) is 32.7 Å². The first-order chi connectivity index (χ1) is 13.2. The lowest BCUT2D eigenvalue weighted by atomic mass is 10.2. The van der Waals surface area contributed by atoms with Crippen LogP contribution in [0.2, 0.25) is 0 Å². The summed E-state index contributed by atoms with van der Waals surface area (Å²) < 4.78 is 17.5. The second-order valence-corrected chi connectivity index (χ2v) is 6.63. The second kappa shape index (κ2) is 8.76. The standard InChI is InChI=1S/C17H21N5O4S/c1-4-5-8-22-16(23)19-20-17(22)27-10-14-18-15(21-26-14)11-6-7-12(24-2)13(9-11)25-3/h6-7,9H,4-5,8,10H2,1-3H3,(H,19,23). The first kappa shape index (κ1) is 19.0. The predicted octanol–water partition coefficient (Wildman–Crippen LogP) is 2.73. The molecule has 3 rings (SSSR count). The zero-order valence-electron chi connectivity index (χ0n) is 15.4. The van der Waals surface area contributed by atoms with Crippen LogP contribution in [0.5, 0.6) is 11.5 Å². The van der Waals surface area contributed by atoms with E-state index in [0.717, 1.165) is 18.4 Å².